The lowest BCUT2D eigenvalue weighted by atomic mass is 10.3. The van der Waals surface area contributed by atoms with Gasteiger partial charge in [-0.15, -0.1) is 39.5 Å². The highest BCUT2D eigenvalue weighted by Gasteiger charge is 2.62. The van der Waals surface area contributed by atoms with E-state index in [1.807, 2.05) is 36.5 Å². The van der Waals surface area contributed by atoms with Crippen LogP contribution in [0.5, 0.6) is 0 Å². The maximum absolute atomic E-state index is 8.07. The van der Waals surface area contributed by atoms with Gasteiger partial charge in [0.25, 0.3) is 0 Å². The van der Waals surface area contributed by atoms with Gasteiger partial charge in [0.05, 0.1) is 0 Å². The Bertz CT molecular complexity index is 941. The van der Waals surface area contributed by atoms with Gasteiger partial charge < -0.3 is 24.7 Å². The molecule has 1 saturated heterocycles. The molecule has 0 N–H and O–H groups in total. The molecule has 0 atom stereocenters. The molecule has 6 nitrogen and oxygen atoms in total. The van der Waals surface area contributed by atoms with E-state index in [0.29, 0.717) is 71.8 Å². The average molecular weight is 854 g/mol. The van der Waals surface area contributed by atoms with Crippen LogP contribution in [0.3, 0.4) is 0 Å². The van der Waals surface area contributed by atoms with Crippen molar-refractivity contribution in [1.29, 1.82) is 0 Å². The first-order valence-corrected chi connectivity index (χ1v) is 34.4. The van der Waals surface area contributed by atoms with Crippen LogP contribution in [0.1, 0.15) is 83.1 Å². The van der Waals surface area contributed by atoms with Crippen molar-refractivity contribution in [3.63, 3.8) is 0 Å². The molecule has 12 heteroatoms. The van der Waals surface area contributed by atoms with Gasteiger partial charge in [0, 0.05) is 36.3 Å². The molecule has 1 fully saturated rings. The molecule has 1 aliphatic rings. The van der Waals surface area contributed by atoms with E-state index >= 15 is 0 Å². The summed E-state index contributed by atoms with van der Waals surface area (Å²) >= 11 is 0. The first kappa shape index (κ1) is 51.5. The van der Waals surface area contributed by atoms with E-state index in [1.165, 1.54) is 0 Å². The number of rotatable bonds is 24. The molecule has 0 bridgehead atoms. The highest BCUT2D eigenvalue weighted by Crippen LogP contribution is 2.47. The number of allylic oxidation sites excluding steroid dienone is 6. The fourth-order valence-electron chi connectivity index (χ4n) is 8.71. The molecule has 0 aromatic heterocycles. The second-order valence-electron chi connectivity index (χ2n) is 18.6. The van der Waals surface area contributed by atoms with Crippen LogP contribution < -0.4 is 0 Å². The Morgan fingerprint density at radius 2 is 0.389 bits per heavy atom. The van der Waals surface area contributed by atoms with Crippen molar-refractivity contribution in [2.45, 2.75) is 156 Å². The Morgan fingerprint density at radius 3 is 0.463 bits per heavy atom. The first-order chi connectivity index (χ1) is 25.1. The van der Waals surface area contributed by atoms with Gasteiger partial charge in [0.15, 0.2) is 0 Å². The van der Waals surface area contributed by atoms with Crippen molar-refractivity contribution in [1.82, 2.24) is 0 Å². The zero-order chi connectivity index (χ0) is 41.4. The van der Waals surface area contributed by atoms with Crippen LogP contribution in [0.15, 0.2) is 75.9 Å². The Hall–Kier alpha value is -0.499. The molecule has 312 valence electrons. The number of hydrogen-bond donors (Lipinski definition) is 0. The summed E-state index contributed by atoms with van der Waals surface area (Å²) in [6, 6.07) is 8.59. The molecule has 0 saturated carbocycles. The molecule has 1 rings (SSSR count). The minimum atomic E-state index is -3.19. The van der Waals surface area contributed by atoms with E-state index in [1.54, 1.807) is 0 Å². The Morgan fingerprint density at radius 1 is 0.278 bits per heavy atom. The predicted octanol–water partition coefficient (Wildman–Crippen LogP) is 13.8. The Balaban J connectivity index is 4.84. The van der Waals surface area contributed by atoms with E-state index in [9.17, 15) is 0 Å². The first-order valence-electron chi connectivity index (χ1n) is 21.0. The highest BCUT2D eigenvalue weighted by atomic mass is 28.5. The van der Waals surface area contributed by atoms with Crippen molar-refractivity contribution in [2.75, 3.05) is 0 Å². The third kappa shape index (κ3) is 16.4. The quantitative estimate of drug-likeness (QED) is 0.0712. The van der Waals surface area contributed by atoms with Gasteiger partial charge in [-0.25, -0.2) is 0 Å². The van der Waals surface area contributed by atoms with E-state index in [2.05, 4.69) is 123 Å². The summed E-state index contributed by atoms with van der Waals surface area (Å²) in [5.41, 5.74) is 0. The molecule has 0 aliphatic carbocycles. The fraction of sp³-hybridized carbons (Fsp3) is 0.714. The molecule has 0 amide bonds. The molecule has 0 radical (unpaired) electrons. The summed E-state index contributed by atoms with van der Waals surface area (Å²) in [6.07, 6.45) is 12.1. The van der Waals surface area contributed by atoms with Crippen molar-refractivity contribution >= 4 is 51.4 Å². The van der Waals surface area contributed by atoms with Gasteiger partial charge in [-0.3, -0.25) is 0 Å². The normalized spacial score (nSPS) is 31.4. The average Bonchev–Trinajstić information content (AvgIpc) is 2.94. The molecule has 1 heterocycles. The second-order valence-corrected chi connectivity index (χ2v) is 39.3. The van der Waals surface area contributed by atoms with Crippen LogP contribution in [-0.4, -0.2) is 51.4 Å². The lowest BCUT2D eigenvalue weighted by Crippen LogP contribution is -2.70. The molecule has 54 heavy (non-hydrogen) atoms. The van der Waals surface area contributed by atoms with Crippen LogP contribution in [0.4, 0.5) is 0 Å². The maximum atomic E-state index is 8.07. The van der Waals surface area contributed by atoms with Gasteiger partial charge in [0.2, 0.25) is 0 Å². The van der Waals surface area contributed by atoms with Crippen LogP contribution in [-0.2, 0) is 24.7 Å². The van der Waals surface area contributed by atoms with Gasteiger partial charge in [-0.1, -0.05) is 120 Å². The topological polar surface area (TPSA) is 55.4 Å². The number of hydrogen-bond acceptors (Lipinski definition) is 6. The van der Waals surface area contributed by atoms with E-state index in [-0.39, 0.29) is 0 Å². The minimum absolute atomic E-state index is 0.316. The minimum Gasteiger partial charge on any atom is -0.415 e. The molecule has 1 aliphatic heterocycles. The summed E-state index contributed by atoms with van der Waals surface area (Å²) in [6.45, 7) is 53.3. The smallest absolute Gasteiger partial charge is 0.324 e. The summed E-state index contributed by atoms with van der Waals surface area (Å²) < 4.78 is 48.4. The Labute approximate surface area is 341 Å². The predicted molar refractivity (Wildman–Crippen MR) is 249 cm³/mol. The van der Waals surface area contributed by atoms with Crippen LogP contribution >= 0.6 is 0 Å². The Kier molecular flexibility index (Phi) is 22.1. The zero-order valence-electron chi connectivity index (χ0n) is 37.1. The molecule has 0 unspecified atom stereocenters. The summed E-state index contributed by atoms with van der Waals surface area (Å²) in [5.74, 6) is 1.90. The van der Waals surface area contributed by atoms with Gasteiger partial charge >= 0.3 is 51.4 Å². The van der Waals surface area contributed by atoms with Crippen molar-refractivity contribution in [3.8, 4) is 0 Å². The standard InChI is InChI=1S/C42H84O6Si6/c1-19-25-49(31-37(7)8)43-50(26-20-2,32-38(9)10)45-52(28-22-4,34-40(13)14)47-54(30-24-6,36-42(17)18)48-53(29-23-5,35-41(15)16)46-51(44-49,27-21-3)33-39(11)12/h19-24,37-42H,1-6,25-36H2,7-18H3. The largest absolute Gasteiger partial charge is 0.415 e. The second kappa shape index (κ2) is 23.2. The lowest BCUT2D eigenvalue weighted by Gasteiger charge is -2.54. The van der Waals surface area contributed by atoms with Gasteiger partial charge in [-0.05, 0) is 71.8 Å². The van der Waals surface area contributed by atoms with Crippen molar-refractivity contribution in [2.24, 2.45) is 35.5 Å². The van der Waals surface area contributed by atoms with Crippen LogP contribution in [0, 0.1) is 35.5 Å². The van der Waals surface area contributed by atoms with Crippen LogP contribution in [0.25, 0.3) is 0 Å². The molecule has 0 aromatic carbocycles. The fourth-order valence-corrected chi connectivity index (χ4v) is 47.3. The summed E-state index contributed by atoms with van der Waals surface area (Å²) in [5, 5.41) is 0. The zero-order valence-corrected chi connectivity index (χ0v) is 43.1. The van der Waals surface area contributed by atoms with Gasteiger partial charge in [-0.2, -0.15) is 0 Å². The van der Waals surface area contributed by atoms with Gasteiger partial charge in [0.1, 0.15) is 0 Å². The highest BCUT2D eigenvalue weighted by molar-refractivity contribution is 6.96. The van der Waals surface area contributed by atoms with E-state index in [4.69, 9.17) is 24.7 Å². The third-order valence-electron chi connectivity index (χ3n) is 9.28. The van der Waals surface area contributed by atoms with Crippen molar-refractivity contribution in [3.05, 3.63) is 75.9 Å². The molecular formula is C42H84O6Si6. The summed E-state index contributed by atoms with van der Waals surface area (Å²) in [7, 11) is -19.2. The third-order valence-corrected chi connectivity index (χ3v) is 41.2. The molecule has 0 spiro atoms. The van der Waals surface area contributed by atoms with E-state index < -0.39 is 51.4 Å². The molecule has 0 aromatic rings. The van der Waals surface area contributed by atoms with E-state index in [0.717, 1.165) is 36.3 Å². The SMILES string of the molecule is C=CC[Si]1(CC(C)C)O[Si](CC=C)(CC(C)C)O[Si](CC=C)(CC(C)C)O[Si](CC=C)(CC(C)C)O[Si](CC=C)(CC(C)C)O[Si](CC=C)(CC(C)C)O1. The molecular weight excluding hydrogens is 769 g/mol. The lowest BCUT2D eigenvalue weighted by molar-refractivity contribution is 0.206. The van der Waals surface area contributed by atoms with Crippen LogP contribution in [0.2, 0.25) is 72.5 Å². The summed E-state index contributed by atoms with van der Waals surface area (Å²) in [4.78, 5) is 0. The maximum Gasteiger partial charge on any atom is 0.324 e. The van der Waals surface area contributed by atoms with Crippen molar-refractivity contribution < 1.29 is 24.7 Å². The monoisotopic (exact) mass is 852 g/mol.